The molecule has 1 amide bonds. The smallest absolute Gasteiger partial charge is 0.245 e. The van der Waals surface area contributed by atoms with Gasteiger partial charge in [0.1, 0.15) is 23.5 Å². The van der Waals surface area contributed by atoms with E-state index in [0.717, 1.165) is 54.1 Å². The van der Waals surface area contributed by atoms with Crippen LogP contribution in [0.4, 0.5) is 5.69 Å². The van der Waals surface area contributed by atoms with E-state index < -0.39 is 5.41 Å². The van der Waals surface area contributed by atoms with Gasteiger partial charge in [-0.3, -0.25) is 4.79 Å². The summed E-state index contributed by atoms with van der Waals surface area (Å²) in [5, 5.41) is 0. The number of methoxy groups -OCH3 is 1. The van der Waals surface area contributed by atoms with Gasteiger partial charge in [0.2, 0.25) is 5.91 Å². The number of benzene rings is 2. The fraction of sp³-hybridized carbons (Fsp3) is 0.381. The van der Waals surface area contributed by atoms with E-state index in [9.17, 15) is 4.79 Å². The van der Waals surface area contributed by atoms with Crippen molar-refractivity contribution in [1.29, 1.82) is 0 Å². The molecule has 1 atom stereocenters. The Labute approximate surface area is 148 Å². The van der Waals surface area contributed by atoms with E-state index in [2.05, 4.69) is 19.1 Å². The normalized spacial score (nSPS) is 20.6. The number of rotatable bonds is 5. The Morgan fingerprint density at radius 3 is 2.80 bits per heavy atom. The monoisotopic (exact) mass is 337 g/mol. The number of anilines is 1. The summed E-state index contributed by atoms with van der Waals surface area (Å²) in [7, 11) is 1.64. The largest absolute Gasteiger partial charge is 0.497 e. The quantitative estimate of drug-likeness (QED) is 0.777. The molecule has 1 unspecified atom stereocenters. The van der Waals surface area contributed by atoms with E-state index in [4.69, 9.17) is 9.47 Å². The van der Waals surface area contributed by atoms with Crippen LogP contribution in [0.2, 0.25) is 0 Å². The third-order valence-corrected chi connectivity index (χ3v) is 5.34. The number of hydrogen-bond acceptors (Lipinski definition) is 3. The van der Waals surface area contributed by atoms with Gasteiger partial charge < -0.3 is 14.4 Å². The molecule has 2 aliphatic heterocycles. The zero-order chi connectivity index (χ0) is 17.4. The van der Waals surface area contributed by atoms with E-state index >= 15 is 0 Å². The topological polar surface area (TPSA) is 38.8 Å². The summed E-state index contributed by atoms with van der Waals surface area (Å²) in [6.45, 7) is 3.29. The first kappa shape index (κ1) is 16.0. The summed E-state index contributed by atoms with van der Waals surface area (Å²) in [6, 6.07) is 13.9. The van der Waals surface area contributed by atoms with Crippen LogP contribution in [0.5, 0.6) is 11.5 Å². The highest BCUT2D eigenvalue weighted by Crippen LogP contribution is 2.52. The molecule has 2 heterocycles. The van der Waals surface area contributed by atoms with Crippen LogP contribution in [0.25, 0.3) is 0 Å². The summed E-state index contributed by atoms with van der Waals surface area (Å²) in [5.74, 6) is 1.63. The van der Waals surface area contributed by atoms with Gasteiger partial charge in [0.05, 0.1) is 7.11 Å². The Kier molecular flexibility index (Phi) is 3.91. The number of carbonyl (C=O) groups is 1. The zero-order valence-electron chi connectivity index (χ0n) is 14.7. The maximum absolute atomic E-state index is 13.5. The van der Waals surface area contributed by atoms with Crippen molar-refractivity contribution in [2.24, 2.45) is 0 Å². The second-order valence-corrected chi connectivity index (χ2v) is 6.74. The fourth-order valence-electron chi connectivity index (χ4n) is 4.03. The first-order chi connectivity index (χ1) is 12.2. The van der Waals surface area contributed by atoms with Crippen LogP contribution in [0.15, 0.2) is 42.5 Å². The molecule has 0 saturated heterocycles. The fourth-order valence-corrected chi connectivity index (χ4v) is 4.03. The highest BCUT2D eigenvalue weighted by Gasteiger charge is 2.56. The molecule has 0 bridgehead atoms. The molecule has 0 fully saturated rings. The maximum atomic E-state index is 13.5. The van der Waals surface area contributed by atoms with Gasteiger partial charge in [-0.1, -0.05) is 44.0 Å². The molecule has 0 aromatic heterocycles. The third kappa shape index (κ3) is 2.24. The van der Waals surface area contributed by atoms with E-state index in [-0.39, 0.29) is 5.91 Å². The van der Waals surface area contributed by atoms with Crippen molar-refractivity contribution in [1.82, 2.24) is 0 Å². The molecule has 25 heavy (non-hydrogen) atoms. The molecule has 0 saturated carbocycles. The lowest BCUT2D eigenvalue weighted by molar-refractivity contribution is -0.122. The molecular weight excluding hydrogens is 314 g/mol. The van der Waals surface area contributed by atoms with Crippen molar-refractivity contribution in [2.75, 3.05) is 25.2 Å². The van der Waals surface area contributed by atoms with Crippen LogP contribution in [0.1, 0.15) is 37.3 Å². The molecular formula is C21H23NO3. The highest BCUT2D eigenvalue weighted by molar-refractivity contribution is 6.11. The first-order valence-corrected chi connectivity index (χ1v) is 8.95. The summed E-state index contributed by atoms with van der Waals surface area (Å²) in [6.07, 6.45) is 3.28. The second kappa shape index (κ2) is 6.10. The summed E-state index contributed by atoms with van der Waals surface area (Å²) < 4.78 is 11.3. The lowest BCUT2D eigenvalue weighted by Crippen LogP contribution is -2.42. The van der Waals surface area contributed by atoms with E-state index in [1.165, 1.54) is 0 Å². The molecule has 130 valence electrons. The lowest BCUT2D eigenvalue weighted by Gasteiger charge is -2.23. The number of unbranched alkanes of at least 4 members (excludes halogenated alkanes) is 2. The van der Waals surface area contributed by atoms with Crippen LogP contribution in [0, 0.1) is 0 Å². The van der Waals surface area contributed by atoms with Crippen LogP contribution in [0.3, 0.4) is 0 Å². The predicted molar refractivity (Wildman–Crippen MR) is 97.6 cm³/mol. The van der Waals surface area contributed by atoms with E-state index in [1.807, 2.05) is 35.2 Å². The number of nitrogens with zero attached hydrogens (tertiary/aromatic N) is 1. The minimum absolute atomic E-state index is 0.133. The third-order valence-electron chi connectivity index (χ3n) is 5.34. The molecule has 4 nitrogen and oxygen atoms in total. The molecule has 2 aromatic rings. The molecule has 0 aliphatic carbocycles. The Balaban J connectivity index is 1.80. The average Bonchev–Trinajstić information content (AvgIpc) is 3.14. The van der Waals surface area contributed by atoms with Gasteiger partial charge >= 0.3 is 0 Å². The predicted octanol–water partition coefficient (Wildman–Crippen LogP) is 3.91. The van der Waals surface area contributed by atoms with Gasteiger partial charge in [-0.05, 0) is 24.1 Å². The Morgan fingerprint density at radius 2 is 2.00 bits per heavy atom. The molecule has 2 aromatic carbocycles. The molecule has 4 heteroatoms. The van der Waals surface area contributed by atoms with Crippen molar-refractivity contribution < 1.29 is 14.3 Å². The van der Waals surface area contributed by atoms with Crippen molar-refractivity contribution >= 4 is 11.6 Å². The molecule has 2 aliphatic rings. The van der Waals surface area contributed by atoms with Gasteiger partial charge in [0.25, 0.3) is 0 Å². The van der Waals surface area contributed by atoms with Crippen LogP contribution < -0.4 is 14.4 Å². The standard InChI is InChI=1S/C21H23NO3/c1-3-4-7-12-22-18-9-6-5-8-16(18)21(20(22)23)14-25-19-13-15(24-2)10-11-17(19)21/h5-6,8-11,13H,3-4,7,12,14H2,1-2H3. The van der Waals surface area contributed by atoms with Crippen molar-refractivity contribution in [3.63, 3.8) is 0 Å². The van der Waals surface area contributed by atoms with Gasteiger partial charge in [-0.15, -0.1) is 0 Å². The summed E-state index contributed by atoms with van der Waals surface area (Å²) in [5.41, 5.74) is 2.31. The first-order valence-electron chi connectivity index (χ1n) is 8.95. The molecule has 0 N–H and O–H groups in total. The molecule has 0 radical (unpaired) electrons. The number of hydrogen-bond donors (Lipinski definition) is 0. The Hall–Kier alpha value is -2.49. The lowest BCUT2D eigenvalue weighted by atomic mass is 9.77. The van der Waals surface area contributed by atoms with E-state index in [1.54, 1.807) is 7.11 Å². The number of ether oxygens (including phenoxy) is 2. The van der Waals surface area contributed by atoms with Gasteiger partial charge in [0, 0.05) is 23.9 Å². The zero-order valence-corrected chi connectivity index (χ0v) is 14.7. The number of fused-ring (bicyclic) bond motifs is 4. The minimum atomic E-state index is -0.718. The second-order valence-electron chi connectivity index (χ2n) is 6.74. The van der Waals surface area contributed by atoms with Gasteiger partial charge in [-0.25, -0.2) is 0 Å². The summed E-state index contributed by atoms with van der Waals surface area (Å²) >= 11 is 0. The van der Waals surface area contributed by atoms with Crippen molar-refractivity contribution in [3.8, 4) is 11.5 Å². The maximum Gasteiger partial charge on any atom is 0.245 e. The minimum Gasteiger partial charge on any atom is -0.497 e. The van der Waals surface area contributed by atoms with Crippen molar-refractivity contribution in [3.05, 3.63) is 53.6 Å². The number of carbonyl (C=O) groups excluding carboxylic acids is 1. The van der Waals surface area contributed by atoms with Crippen LogP contribution in [-0.2, 0) is 10.2 Å². The highest BCUT2D eigenvalue weighted by atomic mass is 16.5. The summed E-state index contributed by atoms with van der Waals surface area (Å²) in [4.78, 5) is 15.5. The Morgan fingerprint density at radius 1 is 1.16 bits per heavy atom. The SMILES string of the molecule is CCCCCN1C(=O)C2(COc3cc(OC)ccc32)c2ccccc21. The number of para-hydroxylation sites is 1. The van der Waals surface area contributed by atoms with Crippen molar-refractivity contribution in [2.45, 2.75) is 31.6 Å². The van der Waals surface area contributed by atoms with E-state index in [0.29, 0.717) is 6.61 Å². The van der Waals surface area contributed by atoms with Gasteiger partial charge in [0.15, 0.2) is 0 Å². The number of amides is 1. The van der Waals surface area contributed by atoms with Gasteiger partial charge in [-0.2, -0.15) is 0 Å². The van der Waals surface area contributed by atoms with Crippen LogP contribution >= 0.6 is 0 Å². The molecule has 4 rings (SSSR count). The Bertz CT molecular complexity index is 817. The van der Waals surface area contributed by atoms with Crippen LogP contribution in [-0.4, -0.2) is 26.2 Å². The average molecular weight is 337 g/mol. The molecule has 1 spiro atoms.